The lowest BCUT2D eigenvalue weighted by Crippen LogP contribution is -2.52. The van der Waals surface area contributed by atoms with Crippen LogP contribution in [0.25, 0.3) is 11.0 Å². The number of benzene rings is 1. The monoisotopic (exact) mass is 486 g/mol. The smallest absolute Gasteiger partial charge is 0.261 e. The van der Waals surface area contributed by atoms with Crippen LogP contribution in [0, 0.1) is 17.3 Å². The Labute approximate surface area is 209 Å². The van der Waals surface area contributed by atoms with E-state index in [0.717, 1.165) is 42.0 Å². The lowest BCUT2D eigenvalue weighted by Gasteiger charge is -2.49. The number of imide groups is 1. The van der Waals surface area contributed by atoms with E-state index in [2.05, 4.69) is 46.1 Å². The molecule has 3 aromatic rings. The Morgan fingerprint density at radius 2 is 1.80 bits per heavy atom. The van der Waals surface area contributed by atoms with Crippen LogP contribution in [0.3, 0.4) is 0 Å². The van der Waals surface area contributed by atoms with Crippen LogP contribution in [0.15, 0.2) is 72.1 Å². The number of aromatic nitrogens is 2. The summed E-state index contributed by atoms with van der Waals surface area (Å²) in [4.78, 5) is 38.1. The summed E-state index contributed by atoms with van der Waals surface area (Å²) < 4.78 is 0. The highest BCUT2D eigenvalue weighted by Gasteiger charge is 2.48. The minimum absolute atomic E-state index is 0.182. The number of fused-ring (bicyclic) bond motifs is 2. The molecule has 35 heavy (non-hydrogen) atoms. The zero-order valence-corrected chi connectivity index (χ0v) is 20.3. The first-order chi connectivity index (χ1) is 17.0. The van der Waals surface area contributed by atoms with Crippen molar-refractivity contribution in [2.24, 2.45) is 17.3 Å². The van der Waals surface area contributed by atoms with Crippen molar-refractivity contribution in [3.63, 3.8) is 0 Å². The van der Waals surface area contributed by atoms with Crippen molar-refractivity contribution in [1.29, 1.82) is 0 Å². The van der Waals surface area contributed by atoms with E-state index in [1.807, 2.05) is 30.6 Å². The number of H-pyrrole nitrogens is 1. The lowest BCUT2D eigenvalue weighted by molar-refractivity contribution is 0.0406. The minimum Gasteiger partial charge on any atom is -0.371 e. The second-order valence-electron chi connectivity index (χ2n) is 9.96. The fraction of sp³-hybridized carbons (Fsp3) is 0.321. The average molecular weight is 487 g/mol. The maximum atomic E-state index is 13.3. The number of piperidine rings is 1. The Morgan fingerprint density at radius 3 is 2.49 bits per heavy atom. The third kappa shape index (κ3) is 3.59. The molecule has 178 valence electrons. The molecule has 6 nitrogen and oxygen atoms in total. The van der Waals surface area contributed by atoms with E-state index in [0.29, 0.717) is 17.7 Å². The van der Waals surface area contributed by atoms with Crippen LogP contribution in [0.4, 0.5) is 5.69 Å². The molecule has 0 bridgehead atoms. The zero-order chi connectivity index (χ0) is 24.2. The van der Waals surface area contributed by atoms with E-state index < -0.39 is 0 Å². The largest absolute Gasteiger partial charge is 0.371 e. The van der Waals surface area contributed by atoms with Gasteiger partial charge in [0.1, 0.15) is 5.65 Å². The van der Waals surface area contributed by atoms with Gasteiger partial charge in [0.2, 0.25) is 0 Å². The fourth-order valence-electron chi connectivity index (χ4n) is 6.25. The summed E-state index contributed by atoms with van der Waals surface area (Å²) >= 11 is 6.33. The molecule has 0 saturated carbocycles. The minimum atomic E-state index is -0.238. The van der Waals surface area contributed by atoms with Crippen LogP contribution < -0.4 is 4.90 Å². The molecule has 0 spiro atoms. The Bertz CT molecular complexity index is 1350. The summed E-state index contributed by atoms with van der Waals surface area (Å²) in [6, 6.07) is 11.3. The number of allylic oxidation sites excluding steroid dienone is 4. The topological polar surface area (TPSA) is 69.3 Å². The molecule has 6 rings (SSSR count). The van der Waals surface area contributed by atoms with Gasteiger partial charge in [0.15, 0.2) is 0 Å². The lowest BCUT2D eigenvalue weighted by atomic mass is 9.63. The normalized spacial score (nSPS) is 23.7. The number of rotatable bonds is 4. The highest BCUT2D eigenvalue weighted by Crippen LogP contribution is 2.48. The van der Waals surface area contributed by atoms with E-state index in [-0.39, 0.29) is 29.1 Å². The Morgan fingerprint density at radius 1 is 1.09 bits per heavy atom. The van der Waals surface area contributed by atoms with Crippen molar-refractivity contribution in [3.05, 3.63) is 83.2 Å². The molecular formula is C28H27ClN4O2. The number of aromatic amines is 1. The van der Waals surface area contributed by atoms with Crippen molar-refractivity contribution in [2.45, 2.75) is 19.8 Å². The van der Waals surface area contributed by atoms with Crippen LogP contribution in [0.2, 0.25) is 0 Å². The second kappa shape index (κ2) is 8.38. The van der Waals surface area contributed by atoms with Gasteiger partial charge < -0.3 is 9.88 Å². The molecule has 3 aliphatic rings. The van der Waals surface area contributed by atoms with Gasteiger partial charge in [-0.05, 0) is 60.4 Å². The van der Waals surface area contributed by atoms with Gasteiger partial charge >= 0.3 is 0 Å². The number of hydrogen-bond acceptors (Lipinski definition) is 4. The number of carbonyl (C=O) groups excluding carboxylic acids is 2. The highest BCUT2D eigenvalue weighted by molar-refractivity contribution is 6.31. The van der Waals surface area contributed by atoms with E-state index in [1.54, 1.807) is 12.1 Å². The summed E-state index contributed by atoms with van der Waals surface area (Å²) in [6.45, 7) is 4.26. The number of pyridine rings is 1. The Kier molecular flexibility index (Phi) is 5.29. The first-order valence-corrected chi connectivity index (χ1v) is 12.5. The number of anilines is 1. The van der Waals surface area contributed by atoms with Crippen molar-refractivity contribution < 1.29 is 9.59 Å². The molecule has 7 heteroatoms. The molecule has 1 aromatic carbocycles. The van der Waals surface area contributed by atoms with E-state index in [9.17, 15) is 9.59 Å². The molecule has 2 unspecified atom stereocenters. The van der Waals surface area contributed by atoms with Gasteiger partial charge in [0.25, 0.3) is 11.8 Å². The number of carbonyl (C=O) groups is 2. The van der Waals surface area contributed by atoms with Gasteiger partial charge in [-0.2, -0.15) is 0 Å². The molecule has 2 aromatic heterocycles. The summed E-state index contributed by atoms with van der Waals surface area (Å²) in [6.07, 6.45) is 11.7. The predicted molar refractivity (Wildman–Crippen MR) is 138 cm³/mol. The van der Waals surface area contributed by atoms with Crippen molar-refractivity contribution in [3.8, 4) is 0 Å². The van der Waals surface area contributed by atoms with Gasteiger partial charge in [0, 0.05) is 48.1 Å². The molecule has 1 N–H and O–H groups in total. The van der Waals surface area contributed by atoms with Crippen molar-refractivity contribution in [2.75, 3.05) is 24.5 Å². The van der Waals surface area contributed by atoms with Crippen molar-refractivity contribution in [1.82, 2.24) is 14.9 Å². The van der Waals surface area contributed by atoms with Gasteiger partial charge in [-0.1, -0.05) is 42.8 Å². The molecule has 1 aliphatic carbocycles. The third-order valence-electron chi connectivity index (χ3n) is 8.05. The van der Waals surface area contributed by atoms with E-state index in [4.69, 9.17) is 11.6 Å². The van der Waals surface area contributed by atoms with E-state index in [1.165, 1.54) is 10.6 Å². The first-order valence-electron chi connectivity index (χ1n) is 12.1. The van der Waals surface area contributed by atoms with Crippen LogP contribution in [-0.4, -0.2) is 46.3 Å². The molecule has 1 fully saturated rings. The quantitative estimate of drug-likeness (QED) is 0.502. The van der Waals surface area contributed by atoms with E-state index >= 15 is 0 Å². The van der Waals surface area contributed by atoms with Crippen LogP contribution >= 0.6 is 11.6 Å². The van der Waals surface area contributed by atoms with Gasteiger partial charge in [-0.3, -0.25) is 14.5 Å². The molecule has 0 radical (unpaired) electrons. The van der Waals surface area contributed by atoms with Crippen LogP contribution in [-0.2, 0) is 0 Å². The van der Waals surface area contributed by atoms with Crippen molar-refractivity contribution >= 4 is 40.1 Å². The fourth-order valence-corrected chi connectivity index (χ4v) is 6.52. The maximum Gasteiger partial charge on any atom is 0.261 e. The maximum absolute atomic E-state index is 13.3. The Balaban J connectivity index is 1.32. The molecule has 1 saturated heterocycles. The molecule has 2 atom stereocenters. The van der Waals surface area contributed by atoms with Crippen LogP contribution in [0.1, 0.15) is 40.5 Å². The van der Waals surface area contributed by atoms with Gasteiger partial charge in [-0.25, -0.2) is 4.98 Å². The number of hydrogen-bond donors (Lipinski definition) is 1. The number of halogens is 1. The predicted octanol–water partition coefficient (Wildman–Crippen LogP) is 5.39. The molecule has 4 heterocycles. The third-order valence-corrected chi connectivity index (χ3v) is 8.30. The summed E-state index contributed by atoms with van der Waals surface area (Å²) in [5.41, 5.74) is 2.83. The summed E-state index contributed by atoms with van der Waals surface area (Å²) in [5, 5.41) is 1.86. The first kappa shape index (κ1) is 22.1. The molecule has 2 amide bonds. The number of nitrogens with zero attached hydrogens (tertiary/aromatic N) is 3. The van der Waals surface area contributed by atoms with Gasteiger partial charge in [0.05, 0.1) is 11.1 Å². The standard InChI is InChI=1S/C28H27ClN4O2/c1-18-16-19(29)6-7-23(18)28(17-33-26(34)20-4-2-3-5-21(20)27(33)35)10-14-32(15-11-28)24-9-13-31-25-22(24)8-12-30-25/h2-9,12-13,16,18,23H,10-11,14-15,17H2,1H3,(H,30,31). The second-order valence-corrected chi connectivity index (χ2v) is 10.4. The number of amides is 2. The van der Waals surface area contributed by atoms with Gasteiger partial charge in [-0.15, -0.1) is 0 Å². The SMILES string of the molecule is CC1C=C(Cl)C=CC1C1(CN2C(=O)c3ccccc3C2=O)CCN(c2ccnc3[nH]ccc23)CC1. The summed E-state index contributed by atoms with van der Waals surface area (Å²) in [7, 11) is 0. The zero-order valence-electron chi connectivity index (χ0n) is 19.6. The van der Waals surface area contributed by atoms with Crippen LogP contribution in [0.5, 0.6) is 0 Å². The highest BCUT2D eigenvalue weighted by atomic mass is 35.5. The number of nitrogens with one attached hydrogen (secondary N) is 1. The Hall–Kier alpha value is -3.38. The summed E-state index contributed by atoms with van der Waals surface area (Å²) in [5.74, 6) is 0.0286. The molecular weight excluding hydrogens is 460 g/mol. The molecule has 2 aliphatic heterocycles. The average Bonchev–Trinajstić information content (AvgIpc) is 3.44.